The number of hydrogen-bond donors (Lipinski definition) is 2. The number of aryl methyl sites for hydroxylation is 1. The first kappa shape index (κ1) is 17.5. The Balaban J connectivity index is 1.41. The maximum Gasteiger partial charge on any atom is 0.259 e. The molecule has 0 atom stereocenters. The van der Waals surface area contributed by atoms with Gasteiger partial charge in [-0.3, -0.25) is 9.59 Å². The van der Waals surface area contributed by atoms with Crippen LogP contribution in [0.3, 0.4) is 0 Å². The first-order chi connectivity index (χ1) is 14.1. The van der Waals surface area contributed by atoms with E-state index in [1.54, 1.807) is 24.5 Å². The van der Waals surface area contributed by atoms with Crippen LogP contribution in [0.1, 0.15) is 41.2 Å². The minimum atomic E-state index is -0.640. The molecule has 9 heteroatoms. The summed E-state index contributed by atoms with van der Waals surface area (Å²) < 4.78 is 16.4. The van der Waals surface area contributed by atoms with Crippen molar-refractivity contribution in [1.29, 1.82) is 0 Å². The lowest BCUT2D eigenvalue weighted by molar-refractivity contribution is -0.116. The molecule has 0 saturated heterocycles. The summed E-state index contributed by atoms with van der Waals surface area (Å²) in [6.07, 6.45) is 4.59. The molecule has 2 amide bonds. The van der Waals surface area contributed by atoms with Crippen molar-refractivity contribution in [2.75, 3.05) is 10.6 Å². The van der Waals surface area contributed by atoms with Gasteiger partial charge in [0.1, 0.15) is 23.7 Å². The number of rotatable bonds is 4. The standard InChI is InChI=1S/C20H17FN6O2/c21-14-8-11-4-7-18(28)24-16(11)9-13(14)20(29)25-17-3-1-2-15(23-17)19-26-22-10-27(19)12-5-6-12/h1-3,8-10,12H,4-7H2,(H,24,28)(H,23,25,29). The zero-order chi connectivity index (χ0) is 20.0. The molecule has 0 unspecified atom stereocenters. The summed E-state index contributed by atoms with van der Waals surface area (Å²) in [6.45, 7) is 0. The Bertz CT molecular complexity index is 1140. The molecule has 1 aliphatic carbocycles. The fourth-order valence-corrected chi connectivity index (χ4v) is 3.43. The lowest BCUT2D eigenvalue weighted by Gasteiger charge is -2.18. The maximum absolute atomic E-state index is 14.5. The summed E-state index contributed by atoms with van der Waals surface area (Å²) in [5, 5.41) is 13.4. The second kappa shape index (κ2) is 6.77. The van der Waals surface area contributed by atoms with Gasteiger partial charge in [0.2, 0.25) is 5.91 Å². The predicted octanol–water partition coefficient (Wildman–Crippen LogP) is 2.95. The number of pyridine rings is 1. The number of aromatic nitrogens is 4. The van der Waals surface area contributed by atoms with E-state index in [2.05, 4.69) is 25.8 Å². The van der Waals surface area contributed by atoms with E-state index in [0.717, 1.165) is 12.8 Å². The molecule has 2 aliphatic rings. The molecule has 1 fully saturated rings. The Morgan fingerprint density at radius 3 is 2.93 bits per heavy atom. The van der Waals surface area contributed by atoms with Crippen molar-refractivity contribution < 1.29 is 14.0 Å². The van der Waals surface area contributed by atoms with E-state index in [4.69, 9.17) is 0 Å². The van der Waals surface area contributed by atoms with Crippen LogP contribution in [0.2, 0.25) is 0 Å². The topological polar surface area (TPSA) is 102 Å². The van der Waals surface area contributed by atoms with E-state index in [0.29, 0.717) is 41.7 Å². The predicted molar refractivity (Wildman–Crippen MR) is 103 cm³/mol. The van der Waals surface area contributed by atoms with Crippen LogP contribution in [0.4, 0.5) is 15.9 Å². The highest BCUT2D eigenvalue weighted by molar-refractivity contribution is 6.05. The van der Waals surface area contributed by atoms with E-state index in [9.17, 15) is 14.0 Å². The average Bonchev–Trinajstić information content (AvgIpc) is 3.44. The smallest absolute Gasteiger partial charge is 0.259 e. The van der Waals surface area contributed by atoms with Crippen LogP contribution >= 0.6 is 0 Å². The van der Waals surface area contributed by atoms with Gasteiger partial charge in [0.15, 0.2) is 5.82 Å². The van der Waals surface area contributed by atoms with Crippen LogP contribution in [0.25, 0.3) is 11.5 Å². The van der Waals surface area contributed by atoms with Gasteiger partial charge < -0.3 is 15.2 Å². The SMILES string of the molecule is O=C1CCc2cc(F)c(C(=O)Nc3cccc(-c4nncn4C4CC4)n3)cc2N1. The van der Waals surface area contributed by atoms with E-state index in [1.807, 2.05) is 4.57 Å². The maximum atomic E-state index is 14.5. The molecule has 8 nitrogen and oxygen atoms in total. The summed E-state index contributed by atoms with van der Waals surface area (Å²) in [5.41, 5.74) is 1.56. The van der Waals surface area contributed by atoms with E-state index in [-0.39, 0.29) is 17.3 Å². The zero-order valence-corrected chi connectivity index (χ0v) is 15.4. The number of fused-ring (bicyclic) bond motifs is 1. The van der Waals surface area contributed by atoms with Crippen molar-refractivity contribution in [3.63, 3.8) is 0 Å². The second-order valence-electron chi connectivity index (χ2n) is 7.19. The van der Waals surface area contributed by atoms with Crippen LogP contribution in [-0.2, 0) is 11.2 Å². The summed E-state index contributed by atoms with van der Waals surface area (Å²) in [6, 6.07) is 8.20. The van der Waals surface area contributed by atoms with Crippen molar-refractivity contribution in [2.45, 2.75) is 31.7 Å². The highest BCUT2D eigenvalue weighted by Gasteiger charge is 2.27. The third-order valence-electron chi connectivity index (χ3n) is 5.07. The minimum Gasteiger partial charge on any atom is -0.326 e. The summed E-state index contributed by atoms with van der Waals surface area (Å²) in [5.74, 6) is -0.518. The summed E-state index contributed by atoms with van der Waals surface area (Å²) in [4.78, 5) is 28.7. The molecule has 3 aromatic rings. The Labute approximate surface area is 165 Å². The molecule has 1 aliphatic heterocycles. The molecule has 146 valence electrons. The molecule has 3 heterocycles. The van der Waals surface area contributed by atoms with Gasteiger partial charge >= 0.3 is 0 Å². The molecular weight excluding hydrogens is 375 g/mol. The molecule has 1 aromatic carbocycles. The third kappa shape index (κ3) is 3.35. The zero-order valence-electron chi connectivity index (χ0n) is 15.4. The number of amides is 2. The van der Waals surface area contributed by atoms with Crippen LogP contribution < -0.4 is 10.6 Å². The highest BCUT2D eigenvalue weighted by Crippen LogP contribution is 2.37. The lowest BCUT2D eigenvalue weighted by Crippen LogP contribution is -2.21. The van der Waals surface area contributed by atoms with Gasteiger partial charge in [-0.1, -0.05) is 6.07 Å². The Hall–Kier alpha value is -3.62. The quantitative estimate of drug-likeness (QED) is 0.711. The first-order valence-corrected chi connectivity index (χ1v) is 9.39. The van der Waals surface area contributed by atoms with Crippen LogP contribution in [0.15, 0.2) is 36.7 Å². The van der Waals surface area contributed by atoms with Gasteiger partial charge in [0.05, 0.1) is 5.56 Å². The van der Waals surface area contributed by atoms with Crippen LogP contribution in [0, 0.1) is 5.82 Å². The number of benzene rings is 1. The Morgan fingerprint density at radius 1 is 1.24 bits per heavy atom. The molecule has 0 bridgehead atoms. The number of anilines is 2. The number of nitrogens with zero attached hydrogens (tertiary/aromatic N) is 4. The van der Waals surface area contributed by atoms with Gasteiger partial charge in [-0.15, -0.1) is 10.2 Å². The van der Waals surface area contributed by atoms with E-state index >= 15 is 0 Å². The number of carbonyl (C=O) groups is 2. The molecule has 2 aromatic heterocycles. The number of carbonyl (C=O) groups excluding carboxylic acids is 2. The monoisotopic (exact) mass is 392 g/mol. The summed E-state index contributed by atoms with van der Waals surface area (Å²) in [7, 11) is 0. The summed E-state index contributed by atoms with van der Waals surface area (Å²) >= 11 is 0. The third-order valence-corrected chi connectivity index (χ3v) is 5.07. The molecule has 0 spiro atoms. The fraction of sp³-hybridized carbons (Fsp3) is 0.250. The fourth-order valence-electron chi connectivity index (χ4n) is 3.43. The first-order valence-electron chi connectivity index (χ1n) is 9.39. The Kier molecular flexibility index (Phi) is 4.08. The van der Waals surface area contributed by atoms with Crippen molar-refractivity contribution in [3.8, 4) is 11.5 Å². The molecule has 1 saturated carbocycles. The second-order valence-corrected chi connectivity index (χ2v) is 7.19. The Morgan fingerprint density at radius 2 is 2.10 bits per heavy atom. The van der Waals surface area contributed by atoms with Crippen molar-refractivity contribution in [2.24, 2.45) is 0 Å². The van der Waals surface area contributed by atoms with Gasteiger partial charge in [-0.2, -0.15) is 0 Å². The average molecular weight is 392 g/mol. The molecular formula is C20H17FN6O2. The molecule has 29 heavy (non-hydrogen) atoms. The number of hydrogen-bond acceptors (Lipinski definition) is 5. The van der Waals surface area contributed by atoms with E-state index < -0.39 is 11.7 Å². The van der Waals surface area contributed by atoms with Crippen molar-refractivity contribution in [1.82, 2.24) is 19.7 Å². The lowest BCUT2D eigenvalue weighted by atomic mass is 10.00. The minimum absolute atomic E-state index is 0.149. The van der Waals surface area contributed by atoms with Gasteiger partial charge in [0, 0.05) is 18.2 Å². The van der Waals surface area contributed by atoms with E-state index in [1.165, 1.54) is 12.1 Å². The van der Waals surface area contributed by atoms with Gasteiger partial charge in [0.25, 0.3) is 5.91 Å². The van der Waals surface area contributed by atoms with Crippen LogP contribution in [-0.4, -0.2) is 31.6 Å². The van der Waals surface area contributed by atoms with Gasteiger partial charge in [-0.25, -0.2) is 9.37 Å². The molecule has 0 radical (unpaired) electrons. The van der Waals surface area contributed by atoms with Crippen molar-refractivity contribution >= 4 is 23.3 Å². The largest absolute Gasteiger partial charge is 0.326 e. The molecule has 2 N–H and O–H groups in total. The van der Waals surface area contributed by atoms with Crippen molar-refractivity contribution in [3.05, 3.63) is 53.6 Å². The normalized spacial score (nSPS) is 15.6. The number of nitrogens with one attached hydrogen (secondary N) is 2. The van der Waals surface area contributed by atoms with Gasteiger partial charge in [-0.05, 0) is 49.1 Å². The number of halogens is 1. The highest BCUT2D eigenvalue weighted by atomic mass is 19.1. The van der Waals surface area contributed by atoms with Crippen LogP contribution in [0.5, 0.6) is 0 Å². The molecule has 5 rings (SSSR count).